The Labute approximate surface area is 114 Å². The second-order valence-electron chi connectivity index (χ2n) is 5.38. The van der Waals surface area contributed by atoms with Gasteiger partial charge in [-0.3, -0.25) is 0 Å². The van der Waals surface area contributed by atoms with E-state index >= 15 is 0 Å². The highest BCUT2D eigenvalue weighted by Gasteiger charge is 2.27. The molecule has 0 aromatic heterocycles. The molecule has 4 heteroatoms. The molecule has 1 atom stereocenters. The van der Waals surface area contributed by atoms with Crippen molar-refractivity contribution in [2.75, 3.05) is 13.1 Å². The first-order valence-corrected chi connectivity index (χ1v) is 6.88. The number of amides is 1. The Hall–Kier alpha value is -1.55. The molecule has 1 aliphatic rings. The number of hydrogen-bond acceptors (Lipinski definition) is 3. The first-order valence-electron chi connectivity index (χ1n) is 6.88. The molecule has 0 bridgehead atoms. The summed E-state index contributed by atoms with van der Waals surface area (Å²) in [5.74, 6) is 0. The molecule has 1 aliphatic heterocycles. The van der Waals surface area contributed by atoms with Gasteiger partial charge >= 0.3 is 6.09 Å². The summed E-state index contributed by atoms with van der Waals surface area (Å²) in [6.45, 7) is 4.20. The van der Waals surface area contributed by atoms with Crippen LogP contribution >= 0.6 is 0 Å². The number of benzene rings is 1. The highest BCUT2D eigenvalue weighted by atomic mass is 16.5. The standard InChI is InChI=1S/C15H22N2O2/c1-15(9-5-6-10-16-12-15)17-14(18)19-11-13-7-3-2-4-8-13/h2-4,7-8,16H,5-6,9-12H2,1H3,(H,17,18)/t15-/m1/s1. The smallest absolute Gasteiger partial charge is 0.407 e. The van der Waals surface area contributed by atoms with Crippen LogP contribution in [0.2, 0.25) is 0 Å². The lowest BCUT2D eigenvalue weighted by Gasteiger charge is -2.28. The van der Waals surface area contributed by atoms with Crippen molar-refractivity contribution < 1.29 is 9.53 Å². The Balaban J connectivity index is 1.80. The van der Waals surface area contributed by atoms with E-state index in [-0.39, 0.29) is 11.6 Å². The van der Waals surface area contributed by atoms with Crippen molar-refractivity contribution in [2.45, 2.75) is 38.3 Å². The Morgan fingerprint density at radius 2 is 2.16 bits per heavy atom. The second kappa shape index (κ2) is 6.57. The van der Waals surface area contributed by atoms with Gasteiger partial charge in [0, 0.05) is 6.54 Å². The SMILES string of the molecule is C[C@@]1(NC(=O)OCc2ccccc2)CCCCNC1. The minimum Gasteiger partial charge on any atom is -0.445 e. The van der Waals surface area contributed by atoms with E-state index in [1.165, 1.54) is 0 Å². The second-order valence-corrected chi connectivity index (χ2v) is 5.38. The van der Waals surface area contributed by atoms with Gasteiger partial charge in [0.15, 0.2) is 0 Å². The van der Waals surface area contributed by atoms with Gasteiger partial charge in [-0.2, -0.15) is 0 Å². The predicted octanol–water partition coefficient (Wildman–Crippen LogP) is 2.45. The summed E-state index contributed by atoms with van der Waals surface area (Å²) in [5.41, 5.74) is 0.798. The molecule has 0 spiro atoms. The van der Waals surface area contributed by atoms with Crippen molar-refractivity contribution in [2.24, 2.45) is 0 Å². The fraction of sp³-hybridized carbons (Fsp3) is 0.533. The third-order valence-corrected chi connectivity index (χ3v) is 3.46. The van der Waals surface area contributed by atoms with Crippen LogP contribution in [0.5, 0.6) is 0 Å². The Morgan fingerprint density at radius 1 is 1.37 bits per heavy atom. The van der Waals surface area contributed by atoms with Gasteiger partial charge < -0.3 is 15.4 Å². The fourth-order valence-electron chi connectivity index (χ4n) is 2.33. The first-order chi connectivity index (χ1) is 9.18. The lowest BCUT2D eigenvalue weighted by molar-refractivity contribution is 0.126. The van der Waals surface area contributed by atoms with E-state index in [1.54, 1.807) is 0 Å². The van der Waals surface area contributed by atoms with Crippen LogP contribution in [0.3, 0.4) is 0 Å². The van der Waals surface area contributed by atoms with Crippen molar-refractivity contribution in [1.29, 1.82) is 0 Å². The van der Waals surface area contributed by atoms with Gasteiger partial charge in [0.1, 0.15) is 6.61 Å². The van der Waals surface area contributed by atoms with Crippen LogP contribution in [0, 0.1) is 0 Å². The third kappa shape index (κ3) is 4.56. The summed E-state index contributed by atoms with van der Waals surface area (Å²) in [4.78, 5) is 11.8. The predicted molar refractivity (Wildman–Crippen MR) is 74.9 cm³/mol. The molecule has 1 saturated heterocycles. The maximum atomic E-state index is 11.8. The number of nitrogens with one attached hydrogen (secondary N) is 2. The number of carbonyl (C=O) groups excluding carboxylic acids is 1. The zero-order valence-electron chi connectivity index (χ0n) is 11.4. The minimum absolute atomic E-state index is 0.204. The van der Waals surface area contributed by atoms with Crippen LogP contribution in [-0.4, -0.2) is 24.7 Å². The van der Waals surface area contributed by atoms with Crippen LogP contribution in [0.1, 0.15) is 31.7 Å². The number of alkyl carbamates (subject to hydrolysis) is 1. The molecule has 104 valence electrons. The zero-order chi connectivity index (χ0) is 13.6. The quantitative estimate of drug-likeness (QED) is 0.879. The summed E-state index contributed by atoms with van der Waals surface area (Å²) < 4.78 is 5.26. The molecular weight excluding hydrogens is 240 g/mol. The van der Waals surface area contributed by atoms with Crippen molar-refractivity contribution in [3.63, 3.8) is 0 Å². The highest BCUT2D eigenvalue weighted by molar-refractivity contribution is 5.68. The summed E-state index contributed by atoms with van der Waals surface area (Å²) in [6, 6.07) is 9.71. The molecule has 4 nitrogen and oxygen atoms in total. The van der Waals surface area contributed by atoms with Crippen molar-refractivity contribution in [3.8, 4) is 0 Å². The molecule has 1 aromatic carbocycles. The van der Waals surface area contributed by atoms with E-state index in [1.807, 2.05) is 30.3 Å². The molecule has 1 heterocycles. The Kier molecular flexibility index (Phi) is 4.80. The van der Waals surface area contributed by atoms with Crippen LogP contribution in [-0.2, 0) is 11.3 Å². The molecule has 2 rings (SSSR count). The average Bonchev–Trinajstić information content (AvgIpc) is 2.62. The molecule has 1 fully saturated rings. The molecule has 1 amide bonds. The Morgan fingerprint density at radius 3 is 2.95 bits per heavy atom. The van der Waals surface area contributed by atoms with Crippen LogP contribution < -0.4 is 10.6 Å². The molecule has 0 saturated carbocycles. The van der Waals surface area contributed by atoms with E-state index in [0.717, 1.165) is 37.9 Å². The lowest BCUT2D eigenvalue weighted by atomic mass is 9.96. The average molecular weight is 262 g/mol. The van der Waals surface area contributed by atoms with Gasteiger partial charge in [-0.15, -0.1) is 0 Å². The van der Waals surface area contributed by atoms with Crippen LogP contribution in [0.25, 0.3) is 0 Å². The van der Waals surface area contributed by atoms with E-state index < -0.39 is 0 Å². The molecule has 0 radical (unpaired) electrons. The van der Waals surface area contributed by atoms with E-state index in [2.05, 4.69) is 17.6 Å². The van der Waals surface area contributed by atoms with Crippen molar-refractivity contribution in [3.05, 3.63) is 35.9 Å². The van der Waals surface area contributed by atoms with E-state index in [4.69, 9.17) is 4.74 Å². The Bertz CT molecular complexity index is 398. The lowest BCUT2D eigenvalue weighted by Crippen LogP contribution is -2.51. The van der Waals surface area contributed by atoms with Gasteiger partial charge in [0.25, 0.3) is 0 Å². The molecule has 2 N–H and O–H groups in total. The van der Waals surface area contributed by atoms with Gasteiger partial charge in [0.05, 0.1) is 5.54 Å². The maximum Gasteiger partial charge on any atom is 0.407 e. The largest absolute Gasteiger partial charge is 0.445 e. The fourth-order valence-corrected chi connectivity index (χ4v) is 2.33. The van der Waals surface area contributed by atoms with Crippen LogP contribution in [0.15, 0.2) is 30.3 Å². The molecule has 0 aliphatic carbocycles. The van der Waals surface area contributed by atoms with Crippen molar-refractivity contribution in [1.82, 2.24) is 10.6 Å². The van der Waals surface area contributed by atoms with E-state index in [0.29, 0.717) is 6.61 Å². The van der Waals surface area contributed by atoms with Gasteiger partial charge in [-0.05, 0) is 38.3 Å². The van der Waals surface area contributed by atoms with Gasteiger partial charge in [-0.25, -0.2) is 4.79 Å². The van der Waals surface area contributed by atoms with Crippen molar-refractivity contribution >= 4 is 6.09 Å². The monoisotopic (exact) mass is 262 g/mol. The number of ether oxygens (including phenoxy) is 1. The number of carbonyl (C=O) groups is 1. The summed E-state index contributed by atoms with van der Waals surface area (Å²) in [5, 5.41) is 6.33. The topological polar surface area (TPSA) is 50.4 Å². The molecule has 19 heavy (non-hydrogen) atoms. The zero-order valence-corrected chi connectivity index (χ0v) is 11.4. The number of rotatable bonds is 3. The van der Waals surface area contributed by atoms with Gasteiger partial charge in [0.2, 0.25) is 0 Å². The van der Waals surface area contributed by atoms with E-state index in [9.17, 15) is 4.79 Å². The minimum atomic E-state index is -0.338. The summed E-state index contributed by atoms with van der Waals surface area (Å²) in [7, 11) is 0. The molecule has 1 aromatic rings. The number of hydrogen-bond donors (Lipinski definition) is 2. The summed E-state index contributed by atoms with van der Waals surface area (Å²) >= 11 is 0. The first kappa shape index (κ1) is 13.9. The van der Waals surface area contributed by atoms with Crippen LogP contribution in [0.4, 0.5) is 4.79 Å². The molecular formula is C15H22N2O2. The highest BCUT2D eigenvalue weighted by Crippen LogP contribution is 2.16. The normalized spacial score (nSPS) is 23.4. The summed E-state index contributed by atoms with van der Waals surface area (Å²) in [6.07, 6.45) is 2.94. The maximum absolute atomic E-state index is 11.8. The third-order valence-electron chi connectivity index (χ3n) is 3.46. The molecule has 0 unspecified atom stereocenters. The van der Waals surface area contributed by atoms with Gasteiger partial charge in [-0.1, -0.05) is 30.3 Å².